The molecule has 0 saturated heterocycles. The number of para-hydroxylation sites is 1. The second kappa shape index (κ2) is 7.77. The zero-order valence-electron chi connectivity index (χ0n) is 18.6. The Hall–Kier alpha value is -2.99. The Labute approximate surface area is 202 Å². The highest BCUT2D eigenvalue weighted by Crippen LogP contribution is 2.60. The van der Waals surface area contributed by atoms with Crippen LogP contribution in [-0.2, 0) is 9.53 Å². The van der Waals surface area contributed by atoms with Crippen LogP contribution in [0.25, 0.3) is 0 Å². The number of benzene rings is 2. The molecule has 0 atom stereocenters. The van der Waals surface area contributed by atoms with Crippen LogP contribution in [0.1, 0.15) is 69.6 Å². The first kappa shape index (κ1) is 21.5. The van der Waals surface area contributed by atoms with Gasteiger partial charge in [-0.2, -0.15) is 0 Å². The molecule has 4 fully saturated rings. The number of ether oxygens (including phenoxy) is 1. The van der Waals surface area contributed by atoms with E-state index in [4.69, 9.17) is 16.3 Å². The zero-order valence-corrected chi connectivity index (χ0v) is 19.3. The van der Waals surface area contributed by atoms with Gasteiger partial charge in [0.1, 0.15) is 0 Å². The third kappa shape index (κ3) is 3.30. The molecule has 4 aliphatic carbocycles. The third-order valence-corrected chi connectivity index (χ3v) is 8.50. The minimum atomic E-state index is -0.669. The summed E-state index contributed by atoms with van der Waals surface area (Å²) >= 11 is 6.19. The SMILES string of the molecule is O=C(OCC(=O)C12CC3CC(CC(C3)C1)C2)c1ccc2c(c1)C(=O)N(c1ccccc1Cl)C2=O. The number of carbonyl (C=O) groups excluding carboxylic acids is 4. The number of amides is 2. The standard InChI is InChI=1S/C27H24ClNO5/c28-21-3-1-2-4-22(21)29-24(31)19-6-5-18(10-20(19)25(29)32)26(33)34-14-23(30)27-11-15-7-16(12-27)9-17(8-15)13-27/h1-6,10,15-17H,7-9,11-14H2. The summed E-state index contributed by atoms with van der Waals surface area (Å²) < 4.78 is 5.41. The summed E-state index contributed by atoms with van der Waals surface area (Å²) in [5, 5.41) is 0.278. The van der Waals surface area contributed by atoms with E-state index in [1.165, 1.54) is 37.5 Å². The van der Waals surface area contributed by atoms with Crippen LogP contribution in [0.15, 0.2) is 42.5 Å². The fourth-order valence-electron chi connectivity index (χ4n) is 7.04. The van der Waals surface area contributed by atoms with E-state index in [0.717, 1.165) is 24.2 Å². The number of esters is 1. The molecule has 5 aliphatic rings. The highest BCUT2D eigenvalue weighted by atomic mass is 35.5. The summed E-state index contributed by atoms with van der Waals surface area (Å²) in [6.45, 7) is -0.249. The largest absolute Gasteiger partial charge is 0.454 e. The van der Waals surface area contributed by atoms with Crippen molar-refractivity contribution in [1.82, 2.24) is 0 Å². The molecule has 174 valence electrons. The molecule has 4 bridgehead atoms. The number of carbonyl (C=O) groups is 4. The van der Waals surface area contributed by atoms with Crippen molar-refractivity contribution >= 4 is 40.9 Å². The first-order chi connectivity index (χ1) is 16.3. The first-order valence-corrected chi connectivity index (χ1v) is 12.2. The maximum atomic E-state index is 13.2. The molecule has 2 amide bonds. The van der Waals surface area contributed by atoms with Gasteiger partial charge < -0.3 is 4.74 Å². The van der Waals surface area contributed by atoms with E-state index in [1.807, 2.05) is 0 Å². The minimum absolute atomic E-state index is 0.0252. The minimum Gasteiger partial charge on any atom is -0.454 e. The van der Waals surface area contributed by atoms with Crippen LogP contribution in [-0.4, -0.2) is 30.2 Å². The number of halogens is 1. The smallest absolute Gasteiger partial charge is 0.338 e. The van der Waals surface area contributed by atoms with Crippen LogP contribution >= 0.6 is 11.6 Å². The van der Waals surface area contributed by atoms with E-state index in [0.29, 0.717) is 23.4 Å². The van der Waals surface area contributed by atoms with Crippen molar-refractivity contribution in [1.29, 1.82) is 0 Å². The molecular weight excluding hydrogens is 454 g/mol. The number of fused-ring (bicyclic) bond motifs is 1. The second-order valence-electron chi connectivity index (χ2n) is 10.4. The Morgan fingerprint density at radius 1 is 0.912 bits per heavy atom. The summed E-state index contributed by atoms with van der Waals surface area (Å²) in [7, 11) is 0. The number of hydrogen-bond donors (Lipinski definition) is 0. The fraction of sp³-hybridized carbons (Fsp3) is 0.407. The molecule has 7 rings (SSSR count). The lowest BCUT2D eigenvalue weighted by molar-refractivity contribution is -0.147. The molecule has 1 heterocycles. The number of ketones is 1. The number of hydrogen-bond acceptors (Lipinski definition) is 5. The predicted molar refractivity (Wildman–Crippen MR) is 125 cm³/mol. The number of anilines is 1. The van der Waals surface area contributed by atoms with Crippen LogP contribution in [0.5, 0.6) is 0 Å². The highest BCUT2D eigenvalue weighted by molar-refractivity contribution is 6.39. The van der Waals surface area contributed by atoms with Crippen molar-refractivity contribution < 1.29 is 23.9 Å². The van der Waals surface area contributed by atoms with E-state index in [-0.39, 0.29) is 39.5 Å². The number of imide groups is 1. The molecule has 34 heavy (non-hydrogen) atoms. The monoisotopic (exact) mass is 477 g/mol. The van der Waals surface area contributed by atoms with Gasteiger partial charge in [-0.15, -0.1) is 0 Å². The lowest BCUT2D eigenvalue weighted by atomic mass is 9.48. The van der Waals surface area contributed by atoms with Crippen molar-refractivity contribution in [3.8, 4) is 0 Å². The van der Waals surface area contributed by atoms with Gasteiger partial charge in [-0.05, 0) is 86.6 Å². The Balaban J connectivity index is 1.17. The van der Waals surface area contributed by atoms with Gasteiger partial charge in [0.05, 0.1) is 27.4 Å². The van der Waals surface area contributed by atoms with Crippen LogP contribution in [0.4, 0.5) is 5.69 Å². The number of nitrogens with zero attached hydrogens (tertiary/aromatic N) is 1. The van der Waals surface area contributed by atoms with Gasteiger partial charge in [0.2, 0.25) is 0 Å². The normalized spacial score (nSPS) is 28.9. The molecule has 0 unspecified atom stereocenters. The van der Waals surface area contributed by atoms with Gasteiger partial charge >= 0.3 is 5.97 Å². The van der Waals surface area contributed by atoms with Gasteiger partial charge in [0, 0.05) is 5.41 Å². The lowest BCUT2D eigenvalue weighted by Gasteiger charge is -2.55. The van der Waals surface area contributed by atoms with E-state index in [9.17, 15) is 19.2 Å². The van der Waals surface area contributed by atoms with Crippen molar-refractivity contribution in [3.05, 3.63) is 64.2 Å². The Morgan fingerprint density at radius 2 is 1.53 bits per heavy atom. The molecule has 0 aromatic heterocycles. The summed E-state index contributed by atoms with van der Waals surface area (Å²) in [4.78, 5) is 52.8. The summed E-state index contributed by atoms with van der Waals surface area (Å²) in [6.07, 6.45) is 6.46. The van der Waals surface area contributed by atoms with Crippen LogP contribution < -0.4 is 4.90 Å². The van der Waals surface area contributed by atoms with Crippen molar-refractivity contribution in [2.75, 3.05) is 11.5 Å². The molecule has 2 aromatic rings. The Kier molecular flexibility index (Phi) is 4.92. The van der Waals surface area contributed by atoms with Gasteiger partial charge in [0.15, 0.2) is 12.4 Å². The molecule has 4 saturated carbocycles. The van der Waals surface area contributed by atoms with Crippen LogP contribution in [0.2, 0.25) is 5.02 Å². The van der Waals surface area contributed by atoms with Gasteiger partial charge in [-0.3, -0.25) is 14.4 Å². The zero-order chi connectivity index (χ0) is 23.6. The second-order valence-corrected chi connectivity index (χ2v) is 10.8. The summed E-state index contributed by atoms with van der Waals surface area (Å²) in [6, 6.07) is 10.9. The fourth-order valence-corrected chi connectivity index (χ4v) is 7.26. The number of Topliss-reactive ketones (excluding diaryl/α,β-unsaturated/α-hetero) is 1. The maximum absolute atomic E-state index is 13.2. The quantitative estimate of drug-likeness (QED) is 0.443. The molecule has 1 aliphatic heterocycles. The molecule has 0 N–H and O–H groups in total. The maximum Gasteiger partial charge on any atom is 0.338 e. The lowest BCUT2D eigenvalue weighted by Crippen LogP contribution is -2.51. The highest BCUT2D eigenvalue weighted by Gasteiger charge is 2.54. The van der Waals surface area contributed by atoms with Crippen molar-refractivity contribution in [2.24, 2.45) is 23.2 Å². The van der Waals surface area contributed by atoms with E-state index in [1.54, 1.807) is 24.3 Å². The first-order valence-electron chi connectivity index (χ1n) is 11.8. The molecule has 0 radical (unpaired) electrons. The molecule has 2 aromatic carbocycles. The average Bonchev–Trinajstić information content (AvgIpc) is 3.06. The Bertz CT molecular complexity index is 1220. The van der Waals surface area contributed by atoms with E-state index >= 15 is 0 Å². The van der Waals surface area contributed by atoms with E-state index in [2.05, 4.69) is 0 Å². The topological polar surface area (TPSA) is 80.8 Å². The van der Waals surface area contributed by atoms with E-state index < -0.39 is 17.8 Å². The van der Waals surface area contributed by atoms with Crippen LogP contribution in [0.3, 0.4) is 0 Å². The van der Waals surface area contributed by atoms with Crippen molar-refractivity contribution in [3.63, 3.8) is 0 Å². The molecule has 0 spiro atoms. The number of rotatable bonds is 5. The van der Waals surface area contributed by atoms with Gasteiger partial charge in [-0.25, -0.2) is 9.69 Å². The summed E-state index contributed by atoms with van der Waals surface area (Å²) in [5.74, 6) is 0.207. The third-order valence-electron chi connectivity index (χ3n) is 8.18. The Morgan fingerprint density at radius 3 is 2.18 bits per heavy atom. The molecule has 6 nitrogen and oxygen atoms in total. The van der Waals surface area contributed by atoms with Gasteiger partial charge in [-0.1, -0.05) is 23.7 Å². The molecular formula is C27H24ClNO5. The predicted octanol–water partition coefficient (Wildman–Crippen LogP) is 5.08. The van der Waals surface area contributed by atoms with Crippen molar-refractivity contribution in [2.45, 2.75) is 38.5 Å². The average molecular weight is 478 g/mol. The summed E-state index contributed by atoms with van der Waals surface area (Å²) in [5.41, 5.74) is 0.419. The van der Waals surface area contributed by atoms with Crippen LogP contribution in [0, 0.1) is 23.2 Å². The van der Waals surface area contributed by atoms with Gasteiger partial charge in [0.25, 0.3) is 11.8 Å². The molecule has 7 heteroatoms.